The van der Waals surface area contributed by atoms with Crippen molar-refractivity contribution < 1.29 is 9.66 Å². The van der Waals surface area contributed by atoms with Crippen molar-refractivity contribution in [3.8, 4) is 6.01 Å². The van der Waals surface area contributed by atoms with Gasteiger partial charge < -0.3 is 20.6 Å². The first-order valence-electron chi connectivity index (χ1n) is 5.25. The van der Waals surface area contributed by atoms with Gasteiger partial charge in [-0.25, -0.2) is 0 Å². The predicted molar refractivity (Wildman–Crippen MR) is 56.2 cm³/mol. The Balaban J connectivity index is 2.22. The summed E-state index contributed by atoms with van der Waals surface area (Å²) in [5.74, 6) is -0.195. The molecule has 0 saturated carbocycles. The summed E-state index contributed by atoms with van der Waals surface area (Å²) in [5, 5.41) is 10.6. The summed E-state index contributed by atoms with van der Waals surface area (Å²) in [6, 6.07) is 0.160. The van der Waals surface area contributed by atoms with Gasteiger partial charge in [0, 0.05) is 11.5 Å². The molecule has 16 heavy (non-hydrogen) atoms. The van der Waals surface area contributed by atoms with Gasteiger partial charge in [-0.2, -0.15) is 0 Å². The molecule has 0 saturated heterocycles. The zero-order chi connectivity index (χ0) is 11.7. The van der Waals surface area contributed by atoms with Crippen LogP contribution in [0, 0.1) is 10.1 Å². The third kappa shape index (κ3) is 1.85. The smallest absolute Gasteiger partial charge is 0.414 e. The second-order valence-electron chi connectivity index (χ2n) is 3.90. The molecule has 7 heteroatoms. The molecule has 0 aromatic carbocycles. The maximum atomic E-state index is 10.6. The van der Waals surface area contributed by atoms with E-state index in [4.69, 9.17) is 10.5 Å². The highest BCUT2D eigenvalue weighted by Crippen LogP contribution is 2.25. The molecule has 2 N–H and O–H groups in total. The molecular weight excluding hydrogens is 212 g/mol. The van der Waals surface area contributed by atoms with Crippen molar-refractivity contribution in [3.63, 3.8) is 0 Å². The van der Waals surface area contributed by atoms with Gasteiger partial charge >= 0.3 is 11.8 Å². The second-order valence-corrected chi connectivity index (χ2v) is 3.90. The van der Waals surface area contributed by atoms with Gasteiger partial charge in [0.15, 0.2) is 0 Å². The second kappa shape index (κ2) is 4.09. The standard InChI is InChI=1S/C9H14N4O3/c1-2-3-7-6(10)4-12-5-8(13(14)15)11-9(12)16-7/h5-7H,2-4,10H2,1H3/t6-,7-/m0/s1. The number of rotatable bonds is 3. The summed E-state index contributed by atoms with van der Waals surface area (Å²) in [4.78, 5) is 13.8. The summed E-state index contributed by atoms with van der Waals surface area (Å²) in [7, 11) is 0. The van der Waals surface area contributed by atoms with Crippen LogP contribution in [0.4, 0.5) is 5.82 Å². The van der Waals surface area contributed by atoms with Gasteiger partial charge in [-0.15, -0.1) is 0 Å². The quantitative estimate of drug-likeness (QED) is 0.603. The molecule has 0 aliphatic carbocycles. The number of fused-ring (bicyclic) bond motifs is 1. The number of ether oxygens (including phenoxy) is 1. The molecule has 1 aromatic heterocycles. The van der Waals surface area contributed by atoms with Crippen LogP contribution >= 0.6 is 0 Å². The van der Waals surface area contributed by atoms with Crippen molar-refractivity contribution in [1.29, 1.82) is 0 Å². The first-order chi connectivity index (χ1) is 7.61. The third-order valence-corrected chi connectivity index (χ3v) is 2.63. The van der Waals surface area contributed by atoms with Crippen LogP contribution in [0.1, 0.15) is 19.8 Å². The maximum absolute atomic E-state index is 10.6. The third-order valence-electron chi connectivity index (χ3n) is 2.63. The Hall–Kier alpha value is -1.63. The Labute approximate surface area is 92.4 Å². The number of nitro groups is 1. The number of hydrogen-bond acceptors (Lipinski definition) is 5. The van der Waals surface area contributed by atoms with Gasteiger partial charge in [-0.3, -0.25) is 4.57 Å². The van der Waals surface area contributed by atoms with Crippen LogP contribution in [0.25, 0.3) is 0 Å². The molecule has 1 aromatic rings. The molecule has 0 radical (unpaired) electrons. The van der Waals surface area contributed by atoms with E-state index in [-0.39, 0.29) is 18.0 Å². The molecule has 88 valence electrons. The van der Waals surface area contributed by atoms with Crippen LogP contribution < -0.4 is 10.5 Å². The average molecular weight is 226 g/mol. The van der Waals surface area contributed by atoms with Gasteiger partial charge in [0.1, 0.15) is 12.3 Å². The minimum atomic E-state index is -0.533. The number of aromatic nitrogens is 2. The zero-order valence-corrected chi connectivity index (χ0v) is 9.00. The summed E-state index contributed by atoms with van der Waals surface area (Å²) < 4.78 is 7.13. The lowest BCUT2D eigenvalue weighted by atomic mass is 10.1. The highest BCUT2D eigenvalue weighted by molar-refractivity contribution is 5.22. The molecule has 2 rings (SSSR count). The van der Waals surface area contributed by atoms with E-state index >= 15 is 0 Å². The lowest BCUT2D eigenvalue weighted by Crippen LogP contribution is -2.45. The molecule has 0 amide bonds. The molecular formula is C9H14N4O3. The Kier molecular flexibility index (Phi) is 2.78. The van der Waals surface area contributed by atoms with Crippen molar-refractivity contribution in [3.05, 3.63) is 16.3 Å². The predicted octanol–water partition coefficient (Wildman–Crippen LogP) is 0.680. The SMILES string of the molecule is CCC[C@@H]1Oc2nc([N+](=O)[O-])cn2C[C@@H]1N. The van der Waals surface area contributed by atoms with Crippen LogP contribution in [0.2, 0.25) is 0 Å². The maximum Gasteiger partial charge on any atom is 0.414 e. The fraction of sp³-hybridized carbons (Fsp3) is 0.667. The van der Waals surface area contributed by atoms with Crippen molar-refractivity contribution in [2.24, 2.45) is 5.73 Å². The normalized spacial score (nSPS) is 23.6. The summed E-state index contributed by atoms with van der Waals surface area (Å²) in [6.07, 6.45) is 3.06. The molecule has 7 nitrogen and oxygen atoms in total. The van der Waals surface area contributed by atoms with Crippen molar-refractivity contribution in [2.75, 3.05) is 0 Å². The van der Waals surface area contributed by atoms with Crippen LogP contribution in [0.15, 0.2) is 6.20 Å². The van der Waals surface area contributed by atoms with Crippen LogP contribution in [0.5, 0.6) is 6.01 Å². The van der Waals surface area contributed by atoms with Gasteiger partial charge in [0.25, 0.3) is 0 Å². The summed E-state index contributed by atoms with van der Waals surface area (Å²) >= 11 is 0. The highest BCUT2D eigenvalue weighted by atomic mass is 16.6. The Morgan fingerprint density at radius 1 is 1.81 bits per heavy atom. The molecule has 0 bridgehead atoms. The van der Waals surface area contributed by atoms with Gasteiger partial charge in [-0.1, -0.05) is 13.3 Å². The van der Waals surface area contributed by atoms with Crippen LogP contribution in [0.3, 0.4) is 0 Å². The zero-order valence-electron chi connectivity index (χ0n) is 9.00. The largest absolute Gasteiger partial charge is 0.441 e. The molecule has 2 heterocycles. The number of hydrogen-bond donors (Lipinski definition) is 1. The Bertz CT molecular complexity index is 403. The lowest BCUT2D eigenvalue weighted by molar-refractivity contribution is -0.389. The molecule has 0 unspecified atom stereocenters. The van der Waals surface area contributed by atoms with E-state index in [1.165, 1.54) is 6.20 Å². The van der Waals surface area contributed by atoms with E-state index in [9.17, 15) is 10.1 Å². The molecule has 1 aliphatic rings. The van der Waals surface area contributed by atoms with E-state index in [0.29, 0.717) is 12.6 Å². The van der Waals surface area contributed by atoms with E-state index in [1.54, 1.807) is 4.57 Å². The number of nitrogens with zero attached hydrogens (tertiary/aromatic N) is 3. The van der Waals surface area contributed by atoms with Crippen molar-refractivity contribution >= 4 is 5.82 Å². The number of nitrogens with two attached hydrogens (primary N) is 1. The van der Waals surface area contributed by atoms with Gasteiger partial charge in [0.05, 0.1) is 6.04 Å². The van der Waals surface area contributed by atoms with Crippen LogP contribution in [-0.2, 0) is 6.54 Å². The fourth-order valence-corrected chi connectivity index (χ4v) is 1.82. The van der Waals surface area contributed by atoms with Gasteiger partial charge in [0.2, 0.25) is 0 Å². The summed E-state index contributed by atoms with van der Waals surface area (Å²) in [5.41, 5.74) is 5.92. The number of imidazole rings is 1. The van der Waals surface area contributed by atoms with E-state index in [1.807, 2.05) is 6.92 Å². The van der Waals surface area contributed by atoms with E-state index in [2.05, 4.69) is 4.98 Å². The molecule has 0 fully saturated rings. The summed E-state index contributed by atoms with van der Waals surface area (Å²) in [6.45, 7) is 2.56. The first-order valence-corrected chi connectivity index (χ1v) is 5.25. The monoisotopic (exact) mass is 226 g/mol. The van der Waals surface area contributed by atoms with Crippen LogP contribution in [-0.4, -0.2) is 26.6 Å². The first kappa shape index (κ1) is 10.9. The minimum absolute atomic E-state index is 0.0977. The van der Waals surface area contributed by atoms with Gasteiger partial charge in [-0.05, 0) is 11.3 Å². The Morgan fingerprint density at radius 2 is 2.56 bits per heavy atom. The topological polar surface area (TPSA) is 96.2 Å². The minimum Gasteiger partial charge on any atom is -0.441 e. The lowest BCUT2D eigenvalue weighted by Gasteiger charge is -2.27. The van der Waals surface area contributed by atoms with E-state index < -0.39 is 4.92 Å². The fourth-order valence-electron chi connectivity index (χ4n) is 1.82. The highest BCUT2D eigenvalue weighted by Gasteiger charge is 2.32. The van der Waals surface area contributed by atoms with E-state index in [0.717, 1.165) is 12.8 Å². The van der Waals surface area contributed by atoms with Crippen molar-refractivity contribution in [1.82, 2.24) is 9.55 Å². The van der Waals surface area contributed by atoms with Crippen molar-refractivity contribution in [2.45, 2.75) is 38.5 Å². The molecule has 0 spiro atoms. The molecule has 1 aliphatic heterocycles. The average Bonchev–Trinajstić information content (AvgIpc) is 2.61. The molecule has 2 atom stereocenters. The Morgan fingerprint density at radius 3 is 3.19 bits per heavy atom.